The summed E-state index contributed by atoms with van der Waals surface area (Å²) in [7, 11) is 0. The Morgan fingerprint density at radius 2 is 2.00 bits per heavy atom. The van der Waals surface area contributed by atoms with E-state index in [-0.39, 0.29) is 18.0 Å². The van der Waals surface area contributed by atoms with Crippen LogP contribution in [0, 0.1) is 15.9 Å². The highest BCUT2D eigenvalue weighted by Crippen LogP contribution is 2.18. The Morgan fingerprint density at radius 3 is 2.65 bits per heavy atom. The quantitative estimate of drug-likeness (QED) is 0.673. The molecule has 6 nitrogen and oxygen atoms in total. The molecule has 0 spiro atoms. The topological polar surface area (TPSA) is 75.5 Å². The second-order valence-corrected chi connectivity index (χ2v) is 4.88. The Morgan fingerprint density at radius 1 is 1.26 bits per heavy atom. The predicted molar refractivity (Wildman–Crippen MR) is 84.6 cm³/mol. The average molecular weight is 317 g/mol. The van der Waals surface area contributed by atoms with Gasteiger partial charge in [0.15, 0.2) is 0 Å². The van der Waals surface area contributed by atoms with Gasteiger partial charge in [0.1, 0.15) is 5.82 Å². The van der Waals surface area contributed by atoms with Crippen molar-refractivity contribution >= 4 is 17.4 Å². The highest BCUT2D eigenvalue weighted by molar-refractivity contribution is 5.89. The van der Waals surface area contributed by atoms with Crippen LogP contribution in [-0.4, -0.2) is 22.4 Å². The Hall–Kier alpha value is -2.96. The fraction of sp³-hybridized carbons (Fsp3) is 0.188. The molecule has 0 saturated carbocycles. The summed E-state index contributed by atoms with van der Waals surface area (Å²) in [6, 6.07) is 11.3. The van der Waals surface area contributed by atoms with E-state index in [0.29, 0.717) is 17.8 Å². The van der Waals surface area contributed by atoms with Crippen molar-refractivity contribution < 1.29 is 14.1 Å². The van der Waals surface area contributed by atoms with Gasteiger partial charge in [-0.15, -0.1) is 0 Å². The number of nitrogens with zero attached hydrogens (tertiary/aromatic N) is 2. The summed E-state index contributed by atoms with van der Waals surface area (Å²) < 4.78 is 13.2. The van der Waals surface area contributed by atoms with Crippen LogP contribution >= 0.6 is 0 Å². The smallest absolute Gasteiger partial charge is 0.320 e. The minimum atomic E-state index is -0.528. The van der Waals surface area contributed by atoms with Crippen molar-refractivity contribution in [3.8, 4) is 0 Å². The van der Waals surface area contributed by atoms with Gasteiger partial charge in [-0.25, -0.2) is 9.18 Å². The number of amides is 2. The van der Waals surface area contributed by atoms with Crippen molar-refractivity contribution in [3.63, 3.8) is 0 Å². The van der Waals surface area contributed by atoms with Gasteiger partial charge in [-0.1, -0.05) is 18.2 Å². The number of nitro groups is 1. The molecular weight excluding hydrogens is 301 g/mol. The summed E-state index contributed by atoms with van der Waals surface area (Å²) >= 11 is 0. The molecule has 0 aliphatic heterocycles. The first kappa shape index (κ1) is 16.4. The molecule has 120 valence electrons. The molecule has 0 bridgehead atoms. The lowest BCUT2D eigenvalue weighted by molar-refractivity contribution is -0.384. The number of hydrogen-bond donors (Lipinski definition) is 1. The monoisotopic (exact) mass is 317 g/mol. The summed E-state index contributed by atoms with van der Waals surface area (Å²) in [4.78, 5) is 24.0. The van der Waals surface area contributed by atoms with E-state index in [1.807, 2.05) is 0 Å². The molecule has 0 heterocycles. The third-order valence-corrected chi connectivity index (χ3v) is 3.24. The number of carbonyl (C=O) groups excluding carboxylic acids is 1. The van der Waals surface area contributed by atoms with Gasteiger partial charge in [-0.05, 0) is 30.7 Å². The maximum Gasteiger partial charge on any atom is 0.322 e. The number of urea groups is 1. The standard InChI is InChI=1S/C16H16FN3O3/c1-2-19(11-12-5-3-6-13(17)9-12)16(21)18-14-7-4-8-15(10-14)20(22)23/h3-10H,2,11H2,1H3,(H,18,21). The second kappa shape index (κ2) is 7.35. The van der Waals surface area contributed by atoms with Crippen LogP contribution in [-0.2, 0) is 6.54 Å². The molecule has 7 heteroatoms. The fourth-order valence-electron chi connectivity index (χ4n) is 2.08. The molecule has 0 aliphatic carbocycles. The van der Waals surface area contributed by atoms with Crippen LogP contribution in [0.25, 0.3) is 0 Å². The molecule has 0 radical (unpaired) electrons. The van der Waals surface area contributed by atoms with Crippen molar-refractivity contribution in [1.82, 2.24) is 4.90 Å². The molecule has 0 saturated heterocycles. The van der Waals surface area contributed by atoms with E-state index in [1.165, 1.54) is 35.2 Å². The van der Waals surface area contributed by atoms with E-state index < -0.39 is 11.0 Å². The molecule has 0 fully saturated rings. The first-order valence-corrected chi connectivity index (χ1v) is 7.04. The molecule has 0 unspecified atom stereocenters. The zero-order chi connectivity index (χ0) is 16.8. The molecular formula is C16H16FN3O3. The molecule has 2 rings (SSSR count). The van der Waals surface area contributed by atoms with E-state index in [4.69, 9.17) is 0 Å². The van der Waals surface area contributed by atoms with Gasteiger partial charge in [-0.2, -0.15) is 0 Å². The summed E-state index contributed by atoms with van der Waals surface area (Å²) in [6.45, 7) is 2.46. The first-order chi connectivity index (χ1) is 11.0. The van der Waals surface area contributed by atoms with Gasteiger partial charge in [0.25, 0.3) is 5.69 Å². The van der Waals surface area contributed by atoms with E-state index in [2.05, 4.69) is 5.32 Å². The average Bonchev–Trinajstić information content (AvgIpc) is 2.52. The van der Waals surface area contributed by atoms with Crippen molar-refractivity contribution in [3.05, 3.63) is 70.0 Å². The lowest BCUT2D eigenvalue weighted by atomic mass is 10.2. The number of non-ortho nitro benzene ring substituents is 1. The highest BCUT2D eigenvalue weighted by Gasteiger charge is 2.14. The number of nitrogens with one attached hydrogen (secondary N) is 1. The Bertz CT molecular complexity index is 721. The van der Waals surface area contributed by atoms with Crippen molar-refractivity contribution in [2.45, 2.75) is 13.5 Å². The van der Waals surface area contributed by atoms with Crippen molar-refractivity contribution in [2.24, 2.45) is 0 Å². The van der Waals surface area contributed by atoms with Crippen LogP contribution in [0.15, 0.2) is 48.5 Å². The third-order valence-electron chi connectivity index (χ3n) is 3.24. The summed E-state index contributed by atoms with van der Waals surface area (Å²) in [5, 5.41) is 13.4. The number of anilines is 1. The largest absolute Gasteiger partial charge is 0.322 e. The zero-order valence-electron chi connectivity index (χ0n) is 12.5. The molecule has 0 aromatic heterocycles. The Balaban J connectivity index is 2.08. The van der Waals surface area contributed by atoms with Gasteiger partial charge >= 0.3 is 6.03 Å². The van der Waals surface area contributed by atoms with Gasteiger partial charge in [0, 0.05) is 30.9 Å². The molecule has 2 amide bonds. The number of halogens is 1. The molecule has 0 atom stereocenters. The third kappa shape index (κ3) is 4.50. The van der Waals surface area contributed by atoms with Gasteiger partial charge in [0.2, 0.25) is 0 Å². The van der Waals surface area contributed by atoms with Crippen LogP contribution in [0.5, 0.6) is 0 Å². The number of carbonyl (C=O) groups is 1. The van der Waals surface area contributed by atoms with E-state index in [9.17, 15) is 19.3 Å². The zero-order valence-corrected chi connectivity index (χ0v) is 12.5. The van der Waals surface area contributed by atoms with E-state index in [1.54, 1.807) is 25.1 Å². The lowest BCUT2D eigenvalue weighted by Gasteiger charge is -2.21. The summed E-state index contributed by atoms with van der Waals surface area (Å²) in [6.07, 6.45) is 0. The Labute approximate surface area is 132 Å². The van der Waals surface area contributed by atoms with Crippen molar-refractivity contribution in [1.29, 1.82) is 0 Å². The maximum absolute atomic E-state index is 13.2. The van der Waals surface area contributed by atoms with Gasteiger partial charge in [-0.3, -0.25) is 10.1 Å². The molecule has 2 aromatic carbocycles. The molecule has 0 aliphatic rings. The highest BCUT2D eigenvalue weighted by atomic mass is 19.1. The number of benzene rings is 2. The van der Waals surface area contributed by atoms with Gasteiger partial charge in [0.05, 0.1) is 4.92 Å². The minimum absolute atomic E-state index is 0.101. The first-order valence-electron chi connectivity index (χ1n) is 7.04. The number of hydrogen-bond acceptors (Lipinski definition) is 3. The molecule has 23 heavy (non-hydrogen) atoms. The van der Waals surface area contributed by atoms with Crippen LogP contribution < -0.4 is 5.32 Å². The number of nitro benzene ring substituents is 1. The Kier molecular flexibility index (Phi) is 5.24. The fourth-order valence-corrected chi connectivity index (χ4v) is 2.08. The minimum Gasteiger partial charge on any atom is -0.320 e. The van der Waals surface area contributed by atoms with E-state index in [0.717, 1.165) is 0 Å². The van der Waals surface area contributed by atoms with Crippen LogP contribution in [0.2, 0.25) is 0 Å². The predicted octanol–water partition coefficient (Wildman–Crippen LogP) is 3.79. The van der Waals surface area contributed by atoms with Crippen LogP contribution in [0.1, 0.15) is 12.5 Å². The maximum atomic E-state index is 13.2. The lowest BCUT2D eigenvalue weighted by Crippen LogP contribution is -2.34. The normalized spacial score (nSPS) is 10.2. The molecule has 2 aromatic rings. The van der Waals surface area contributed by atoms with Gasteiger partial charge < -0.3 is 10.2 Å². The van der Waals surface area contributed by atoms with E-state index >= 15 is 0 Å². The van der Waals surface area contributed by atoms with Crippen LogP contribution in [0.3, 0.4) is 0 Å². The molecule has 1 N–H and O–H groups in total. The summed E-state index contributed by atoms with van der Waals surface area (Å²) in [5.74, 6) is -0.363. The number of rotatable bonds is 5. The van der Waals surface area contributed by atoms with Crippen molar-refractivity contribution in [2.75, 3.05) is 11.9 Å². The second-order valence-electron chi connectivity index (χ2n) is 4.88. The summed E-state index contributed by atoms with van der Waals surface area (Å²) in [5.41, 5.74) is 0.902. The van der Waals surface area contributed by atoms with Crippen LogP contribution in [0.4, 0.5) is 20.6 Å². The SMILES string of the molecule is CCN(Cc1cccc(F)c1)C(=O)Nc1cccc([N+](=O)[O-])c1.